The highest BCUT2D eigenvalue weighted by molar-refractivity contribution is 5.80. The van der Waals surface area contributed by atoms with Crippen LogP contribution in [0.1, 0.15) is 30.9 Å². The van der Waals surface area contributed by atoms with E-state index < -0.39 is 0 Å². The van der Waals surface area contributed by atoms with Gasteiger partial charge in [-0.2, -0.15) is 5.26 Å². The minimum Gasteiger partial charge on any atom is -0.464 e. The normalized spacial score (nSPS) is 14.5. The van der Waals surface area contributed by atoms with E-state index in [0.29, 0.717) is 18.7 Å². The summed E-state index contributed by atoms with van der Waals surface area (Å²) in [6.07, 6.45) is 18.3. The van der Waals surface area contributed by atoms with Crippen molar-refractivity contribution in [1.29, 1.82) is 5.26 Å². The van der Waals surface area contributed by atoms with Crippen molar-refractivity contribution in [1.82, 2.24) is 10.3 Å². The van der Waals surface area contributed by atoms with Crippen LogP contribution in [0, 0.1) is 23.7 Å². The highest BCUT2D eigenvalue weighted by Gasteiger charge is 2.24. The van der Waals surface area contributed by atoms with Crippen molar-refractivity contribution < 1.29 is 4.74 Å². The molecule has 1 aliphatic heterocycles. The van der Waals surface area contributed by atoms with Gasteiger partial charge in [0.2, 0.25) is 0 Å². The lowest BCUT2D eigenvalue weighted by atomic mass is 10.1. The first-order valence-corrected chi connectivity index (χ1v) is 12.5. The third-order valence-corrected chi connectivity index (χ3v) is 5.83. The maximum Gasteiger partial charge on any atom is 0.196 e. The predicted octanol–water partition coefficient (Wildman–Crippen LogP) is 6.24. The Labute approximate surface area is 224 Å². The van der Waals surface area contributed by atoms with Crippen molar-refractivity contribution >= 4 is 29.0 Å². The van der Waals surface area contributed by atoms with Crippen molar-refractivity contribution in [2.75, 3.05) is 17.2 Å². The van der Waals surface area contributed by atoms with Gasteiger partial charge in [-0.25, -0.2) is 4.99 Å². The highest BCUT2D eigenvalue weighted by atomic mass is 16.5. The highest BCUT2D eigenvalue weighted by Crippen LogP contribution is 2.37. The molecule has 1 unspecified atom stereocenters. The van der Waals surface area contributed by atoms with Crippen LogP contribution < -0.4 is 20.7 Å². The number of terminal acetylenes is 1. The molecule has 2 aromatic carbocycles. The molecule has 2 heterocycles. The van der Waals surface area contributed by atoms with Gasteiger partial charge in [0.1, 0.15) is 5.75 Å². The molecule has 3 aromatic rings. The van der Waals surface area contributed by atoms with E-state index >= 15 is 0 Å². The summed E-state index contributed by atoms with van der Waals surface area (Å²) in [5, 5.41) is 19.5. The Hall–Kier alpha value is -4.85. The van der Waals surface area contributed by atoms with Gasteiger partial charge in [0.05, 0.1) is 29.2 Å². The molecule has 1 aromatic heterocycles. The van der Waals surface area contributed by atoms with E-state index in [4.69, 9.17) is 11.2 Å². The SMILES string of the molecule is C#C/C=N\c1ccc(C#N)cc1CNC/C=C\C(=C/CCC)C1Nc2ccc(Nc3ccncc3)cc2O1. The third kappa shape index (κ3) is 7.10. The van der Waals surface area contributed by atoms with Gasteiger partial charge in [-0.15, -0.1) is 6.42 Å². The summed E-state index contributed by atoms with van der Waals surface area (Å²) in [6.45, 7) is 3.35. The number of ether oxygens (including phenoxy) is 1. The smallest absolute Gasteiger partial charge is 0.196 e. The molecule has 0 fully saturated rings. The first-order valence-electron chi connectivity index (χ1n) is 12.5. The predicted molar refractivity (Wildman–Crippen MR) is 154 cm³/mol. The number of aliphatic imine (C=N–C) groups is 1. The number of unbranched alkanes of at least 4 members (excludes halogenated alkanes) is 1. The first-order chi connectivity index (χ1) is 18.7. The number of fused-ring (bicyclic) bond motifs is 1. The van der Waals surface area contributed by atoms with Gasteiger partial charge in [-0.1, -0.05) is 37.5 Å². The number of rotatable bonds is 11. The maximum absolute atomic E-state index is 9.24. The molecule has 0 aliphatic carbocycles. The lowest BCUT2D eigenvalue weighted by Gasteiger charge is -2.13. The molecule has 0 saturated heterocycles. The van der Waals surface area contributed by atoms with Crippen molar-refractivity contribution in [2.45, 2.75) is 32.5 Å². The summed E-state index contributed by atoms with van der Waals surface area (Å²) in [5.74, 6) is 3.21. The first kappa shape index (κ1) is 26.2. The zero-order valence-corrected chi connectivity index (χ0v) is 21.3. The molecule has 1 atom stereocenters. The van der Waals surface area contributed by atoms with Crippen molar-refractivity contribution in [3.63, 3.8) is 0 Å². The van der Waals surface area contributed by atoms with Crippen LogP contribution in [-0.4, -0.2) is 24.0 Å². The van der Waals surface area contributed by atoms with Gasteiger partial charge in [0, 0.05) is 48.5 Å². The van der Waals surface area contributed by atoms with Crippen LogP contribution in [0.25, 0.3) is 0 Å². The second kappa shape index (κ2) is 13.5. The average Bonchev–Trinajstić information content (AvgIpc) is 3.37. The van der Waals surface area contributed by atoms with E-state index in [1.807, 2.05) is 42.5 Å². The van der Waals surface area contributed by atoms with Crippen LogP contribution in [0.5, 0.6) is 5.75 Å². The lowest BCUT2D eigenvalue weighted by molar-refractivity contribution is 0.293. The molecule has 0 bridgehead atoms. The van der Waals surface area contributed by atoms with Crippen LogP contribution in [0.2, 0.25) is 0 Å². The van der Waals surface area contributed by atoms with Crippen LogP contribution in [0.3, 0.4) is 0 Å². The van der Waals surface area contributed by atoms with E-state index in [0.717, 1.165) is 52.5 Å². The van der Waals surface area contributed by atoms with Gasteiger partial charge in [0.25, 0.3) is 0 Å². The Morgan fingerprint density at radius 2 is 2.05 bits per heavy atom. The van der Waals surface area contributed by atoms with Crippen LogP contribution in [0.15, 0.2) is 89.7 Å². The van der Waals surface area contributed by atoms with E-state index in [1.165, 1.54) is 6.21 Å². The van der Waals surface area contributed by atoms with Gasteiger partial charge >= 0.3 is 0 Å². The summed E-state index contributed by atoms with van der Waals surface area (Å²) in [5.41, 5.74) is 6.20. The lowest BCUT2D eigenvalue weighted by Crippen LogP contribution is -2.22. The summed E-state index contributed by atoms with van der Waals surface area (Å²) in [4.78, 5) is 8.35. The zero-order chi connectivity index (χ0) is 26.6. The number of nitriles is 1. The molecular formula is C31H30N6O. The number of nitrogens with one attached hydrogen (secondary N) is 3. The maximum atomic E-state index is 9.24. The molecule has 0 radical (unpaired) electrons. The number of hydrogen-bond donors (Lipinski definition) is 3. The Morgan fingerprint density at radius 1 is 1.18 bits per heavy atom. The average molecular weight is 503 g/mol. The van der Waals surface area contributed by atoms with E-state index in [2.05, 4.69) is 63.1 Å². The molecule has 1 aliphatic rings. The molecule has 0 spiro atoms. The van der Waals surface area contributed by atoms with Crippen molar-refractivity contribution in [3.05, 3.63) is 95.9 Å². The van der Waals surface area contributed by atoms with E-state index in [9.17, 15) is 5.26 Å². The van der Waals surface area contributed by atoms with Crippen molar-refractivity contribution in [2.24, 2.45) is 4.99 Å². The number of benzene rings is 2. The Morgan fingerprint density at radius 3 is 2.84 bits per heavy atom. The molecular weight excluding hydrogens is 472 g/mol. The fourth-order valence-electron chi connectivity index (χ4n) is 3.96. The molecule has 190 valence electrons. The minimum atomic E-state index is -0.263. The number of pyridine rings is 1. The zero-order valence-electron chi connectivity index (χ0n) is 21.3. The quantitative estimate of drug-likeness (QED) is 0.124. The van der Waals surface area contributed by atoms with Gasteiger partial charge < -0.3 is 20.7 Å². The number of allylic oxidation sites excluding steroid dienone is 1. The summed E-state index contributed by atoms with van der Waals surface area (Å²) in [6, 6.07) is 17.4. The molecule has 7 heteroatoms. The number of nitrogens with zero attached hydrogens (tertiary/aromatic N) is 3. The fraction of sp³-hybridized carbons (Fsp3) is 0.194. The standard InChI is InChI=1S/C31H30N6O/c1-3-5-7-24(8-6-16-34-22-25-19-23(21-32)9-11-28(25)35-15-4-2)31-37-29-12-10-27(20-30(29)38-31)36-26-13-17-33-18-14-26/h2,6-15,17-20,31,34,37H,3,5,16,22H2,1H3,(H,33,36)/b8-6-,24-7+,35-15-. The monoisotopic (exact) mass is 502 g/mol. The van der Waals surface area contributed by atoms with Crippen LogP contribution in [-0.2, 0) is 6.54 Å². The molecule has 0 saturated carbocycles. The summed E-state index contributed by atoms with van der Waals surface area (Å²) < 4.78 is 6.28. The number of hydrogen-bond acceptors (Lipinski definition) is 7. The fourth-order valence-corrected chi connectivity index (χ4v) is 3.96. The van der Waals surface area contributed by atoms with Gasteiger partial charge in [-0.05, 0) is 54.4 Å². The Bertz CT molecular complexity index is 1410. The second-order valence-corrected chi connectivity index (χ2v) is 8.62. The number of aromatic nitrogens is 1. The van der Waals surface area contributed by atoms with Gasteiger partial charge in [-0.3, -0.25) is 4.98 Å². The largest absolute Gasteiger partial charge is 0.464 e. The molecule has 4 rings (SSSR count). The van der Waals surface area contributed by atoms with Crippen LogP contribution >= 0.6 is 0 Å². The van der Waals surface area contributed by atoms with Crippen molar-refractivity contribution in [3.8, 4) is 24.2 Å². The summed E-state index contributed by atoms with van der Waals surface area (Å²) in [7, 11) is 0. The summed E-state index contributed by atoms with van der Waals surface area (Å²) >= 11 is 0. The molecule has 0 amide bonds. The van der Waals surface area contributed by atoms with Gasteiger partial charge in [0.15, 0.2) is 6.23 Å². The van der Waals surface area contributed by atoms with Crippen LogP contribution in [0.4, 0.5) is 22.7 Å². The van der Waals surface area contributed by atoms with E-state index in [-0.39, 0.29) is 6.23 Å². The molecule has 7 nitrogen and oxygen atoms in total. The van der Waals surface area contributed by atoms with E-state index in [1.54, 1.807) is 18.5 Å². The second-order valence-electron chi connectivity index (χ2n) is 8.62. The molecule has 38 heavy (non-hydrogen) atoms. The minimum absolute atomic E-state index is 0.263. The molecule has 3 N–H and O–H groups in total. The number of anilines is 3. The Balaban J connectivity index is 1.38. The Kier molecular flexibility index (Phi) is 9.28. The third-order valence-electron chi connectivity index (χ3n) is 5.83. The topological polar surface area (TPSA) is 94.4 Å².